The Hall–Kier alpha value is -1.55. The predicted molar refractivity (Wildman–Crippen MR) is 83.5 cm³/mol. The van der Waals surface area contributed by atoms with E-state index in [0.29, 0.717) is 12.0 Å². The van der Waals surface area contributed by atoms with Gasteiger partial charge in [0, 0.05) is 17.3 Å². The van der Waals surface area contributed by atoms with Crippen LogP contribution in [0.1, 0.15) is 50.6 Å². The average Bonchev–Trinajstić information content (AvgIpc) is 2.82. The molecule has 1 aromatic rings. The maximum atomic E-state index is 11.8. The highest BCUT2D eigenvalue weighted by atomic mass is 16.5. The molecule has 1 aliphatic carbocycles. The highest BCUT2D eigenvalue weighted by Gasteiger charge is 2.30. The lowest BCUT2D eigenvalue weighted by Gasteiger charge is -2.31. The molecule has 4 nitrogen and oxygen atoms in total. The Balaban J connectivity index is 1.76. The summed E-state index contributed by atoms with van der Waals surface area (Å²) in [5, 5.41) is 5.95. The third-order valence-corrected chi connectivity index (χ3v) is 4.80. The van der Waals surface area contributed by atoms with Crippen molar-refractivity contribution in [2.75, 3.05) is 12.4 Å². The number of carbonyl (C=O) groups is 1. The van der Waals surface area contributed by atoms with Crippen molar-refractivity contribution in [3.8, 4) is 5.75 Å². The number of ether oxygens (including phenoxy) is 1. The molecule has 1 aromatic carbocycles. The van der Waals surface area contributed by atoms with Gasteiger partial charge in [0.05, 0.1) is 0 Å². The number of carbonyl (C=O) groups excluding carboxylic acids is 1. The fraction of sp³-hybridized carbons (Fsp3) is 0.588. The number of hydrogen-bond donors (Lipinski definition) is 2. The van der Waals surface area contributed by atoms with Gasteiger partial charge in [-0.3, -0.25) is 4.79 Å². The van der Waals surface area contributed by atoms with E-state index in [1.165, 1.54) is 25.7 Å². The Labute approximate surface area is 126 Å². The van der Waals surface area contributed by atoms with Crippen molar-refractivity contribution in [2.24, 2.45) is 5.92 Å². The first kappa shape index (κ1) is 14.4. The van der Waals surface area contributed by atoms with Crippen LogP contribution < -0.4 is 15.4 Å². The summed E-state index contributed by atoms with van der Waals surface area (Å²) in [6.07, 6.45) is 6.48. The zero-order chi connectivity index (χ0) is 14.8. The molecule has 0 bridgehead atoms. The molecule has 2 aliphatic rings. The number of amides is 1. The van der Waals surface area contributed by atoms with E-state index in [2.05, 4.69) is 17.6 Å². The molecule has 1 amide bonds. The third-order valence-electron chi connectivity index (χ3n) is 4.80. The van der Waals surface area contributed by atoms with Crippen LogP contribution in [-0.2, 0) is 4.79 Å². The average molecular weight is 288 g/mol. The van der Waals surface area contributed by atoms with Crippen molar-refractivity contribution in [2.45, 2.75) is 51.2 Å². The van der Waals surface area contributed by atoms with E-state index in [1.807, 2.05) is 18.2 Å². The highest BCUT2D eigenvalue weighted by Crippen LogP contribution is 2.36. The zero-order valence-corrected chi connectivity index (χ0v) is 12.8. The minimum absolute atomic E-state index is 0.00810. The fourth-order valence-electron chi connectivity index (χ4n) is 3.57. The van der Waals surface area contributed by atoms with Crippen LogP contribution in [0.15, 0.2) is 18.2 Å². The first-order chi connectivity index (χ1) is 10.2. The Morgan fingerprint density at radius 3 is 2.90 bits per heavy atom. The first-order valence-electron chi connectivity index (χ1n) is 8.01. The van der Waals surface area contributed by atoms with Crippen LogP contribution in [0.3, 0.4) is 0 Å². The van der Waals surface area contributed by atoms with Gasteiger partial charge in [-0.1, -0.05) is 19.4 Å². The Morgan fingerprint density at radius 1 is 1.33 bits per heavy atom. The summed E-state index contributed by atoms with van der Waals surface area (Å²) < 4.78 is 6.22. The molecule has 3 rings (SSSR count). The van der Waals surface area contributed by atoms with Gasteiger partial charge in [-0.15, -0.1) is 0 Å². The van der Waals surface area contributed by atoms with Crippen LogP contribution in [0, 0.1) is 5.92 Å². The summed E-state index contributed by atoms with van der Waals surface area (Å²) in [6, 6.07) is 5.71. The lowest BCUT2D eigenvalue weighted by Crippen LogP contribution is -2.29. The molecule has 1 aliphatic heterocycles. The number of benzene rings is 1. The monoisotopic (exact) mass is 288 g/mol. The SMILES string of the molecule is CCC1CCCCC1Oc1ccc2c(c1)NC(=O)C2NC. The summed E-state index contributed by atoms with van der Waals surface area (Å²) in [5.41, 5.74) is 1.88. The molecule has 0 spiro atoms. The second kappa shape index (κ2) is 6.06. The standard InChI is InChI=1S/C17H24N2O2/c1-3-11-6-4-5-7-15(11)21-12-8-9-13-14(10-12)19-17(20)16(13)18-2/h8-11,15-16,18H,3-7H2,1-2H3,(H,19,20). The van der Waals surface area contributed by atoms with E-state index in [1.54, 1.807) is 7.05 Å². The van der Waals surface area contributed by atoms with Crippen LogP contribution in [0.25, 0.3) is 0 Å². The van der Waals surface area contributed by atoms with Crippen LogP contribution in [0.4, 0.5) is 5.69 Å². The second-order valence-corrected chi connectivity index (χ2v) is 6.07. The van der Waals surface area contributed by atoms with Gasteiger partial charge < -0.3 is 15.4 Å². The molecule has 1 fully saturated rings. The molecule has 0 saturated heterocycles. The normalized spacial score (nSPS) is 28.1. The maximum absolute atomic E-state index is 11.8. The Kier molecular flexibility index (Phi) is 4.15. The van der Waals surface area contributed by atoms with E-state index < -0.39 is 0 Å². The largest absolute Gasteiger partial charge is 0.490 e. The van der Waals surface area contributed by atoms with Crippen LogP contribution in [-0.4, -0.2) is 19.1 Å². The molecule has 4 heteroatoms. The molecule has 3 atom stereocenters. The molecule has 0 aromatic heterocycles. The predicted octanol–water partition coefficient (Wildman–Crippen LogP) is 3.25. The summed E-state index contributed by atoms with van der Waals surface area (Å²) in [6.45, 7) is 2.24. The van der Waals surface area contributed by atoms with Gasteiger partial charge in [0.2, 0.25) is 5.91 Å². The molecular weight excluding hydrogens is 264 g/mol. The van der Waals surface area contributed by atoms with Gasteiger partial charge in [0.15, 0.2) is 0 Å². The van der Waals surface area contributed by atoms with E-state index in [0.717, 1.165) is 23.4 Å². The zero-order valence-electron chi connectivity index (χ0n) is 12.8. The topological polar surface area (TPSA) is 50.4 Å². The van der Waals surface area contributed by atoms with Crippen molar-refractivity contribution < 1.29 is 9.53 Å². The van der Waals surface area contributed by atoms with Crippen molar-refractivity contribution >= 4 is 11.6 Å². The third kappa shape index (κ3) is 2.77. The van der Waals surface area contributed by atoms with Gasteiger partial charge in [-0.05, 0) is 44.7 Å². The van der Waals surface area contributed by atoms with Gasteiger partial charge in [0.25, 0.3) is 0 Å². The lowest BCUT2D eigenvalue weighted by molar-refractivity contribution is -0.117. The van der Waals surface area contributed by atoms with Crippen molar-refractivity contribution in [3.05, 3.63) is 23.8 Å². The first-order valence-corrected chi connectivity index (χ1v) is 8.01. The number of fused-ring (bicyclic) bond motifs is 1. The molecule has 1 heterocycles. The molecular formula is C17H24N2O2. The Morgan fingerprint density at radius 2 is 2.14 bits per heavy atom. The fourth-order valence-corrected chi connectivity index (χ4v) is 3.57. The summed E-state index contributed by atoms with van der Waals surface area (Å²) in [5.74, 6) is 1.54. The van der Waals surface area contributed by atoms with E-state index in [9.17, 15) is 4.79 Å². The molecule has 2 N–H and O–H groups in total. The quantitative estimate of drug-likeness (QED) is 0.894. The minimum Gasteiger partial charge on any atom is -0.490 e. The number of nitrogens with one attached hydrogen (secondary N) is 2. The second-order valence-electron chi connectivity index (χ2n) is 6.07. The Bertz CT molecular complexity index is 530. The number of likely N-dealkylation sites (N-methyl/N-ethyl adjacent to an activating group) is 1. The molecule has 1 saturated carbocycles. The van der Waals surface area contributed by atoms with Gasteiger partial charge in [-0.25, -0.2) is 0 Å². The molecule has 114 valence electrons. The van der Waals surface area contributed by atoms with Gasteiger partial charge in [0.1, 0.15) is 17.9 Å². The van der Waals surface area contributed by atoms with E-state index >= 15 is 0 Å². The van der Waals surface area contributed by atoms with Crippen molar-refractivity contribution in [1.29, 1.82) is 0 Å². The number of rotatable bonds is 4. The van der Waals surface area contributed by atoms with Crippen molar-refractivity contribution in [1.82, 2.24) is 5.32 Å². The minimum atomic E-state index is -0.243. The van der Waals surface area contributed by atoms with Gasteiger partial charge >= 0.3 is 0 Å². The van der Waals surface area contributed by atoms with Crippen LogP contribution in [0.2, 0.25) is 0 Å². The summed E-state index contributed by atoms with van der Waals surface area (Å²) >= 11 is 0. The molecule has 21 heavy (non-hydrogen) atoms. The molecule has 3 unspecified atom stereocenters. The van der Waals surface area contributed by atoms with Gasteiger partial charge in [-0.2, -0.15) is 0 Å². The summed E-state index contributed by atoms with van der Waals surface area (Å²) in [4.78, 5) is 11.8. The smallest absolute Gasteiger partial charge is 0.246 e. The van der Waals surface area contributed by atoms with E-state index in [4.69, 9.17) is 4.74 Å². The van der Waals surface area contributed by atoms with E-state index in [-0.39, 0.29) is 11.9 Å². The van der Waals surface area contributed by atoms with Crippen LogP contribution in [0.5, 0.6) is 5.75 Å². The molecule has 0 radical (unpaired) electrons. The number of anilines is 1. The number of hydrogen-bond acceptors (Lipinski definition) is 3. The van der Waals surface area contributed by atoms with Crippen molar-refractivity contribution in [3.63, 3.8) is 0 Å². The maximum Gasteiger partial charge on any atom is 0.246 e. The lowest BCUT2D eigenvalue weighted by atomic mass is 9.85. The highest BCUT2D eigenvalue weighted by molar-refractivity contribution is 6.02. The van der Waals surface area contributed by atoms with Crippen LogP contribution >= 0.6 is 0 Å². The summed E-state index contributed by atoms with van der Waals surface area (Å²) in [7, 11) is 1.80.